The summed E-state index contributed by atoms with van der Waals surface area (Å²) in [6, 6.07) is 0. The molecule has 0 saturated heterocycles. The predicted molar refractivity (Wildman–Crippen MR) is 45.2 cm³/mol. The van der Waals surface area contributed by atoms with Crippen LogP contribution in [0.15, 0.2) is 12.2 Å². The van der Waals surface area contributed by atoms with Gasteiger partial charge in [-0.3, -0.25) is 4.79 Å². The third-order valence-corrected chi connectivity index (χ3v) is 2.11. The molecule has 2 nitrogen and oxygen atoms in total. The van der Waals surface area contributed by atoms with Gasteiger partial charge in [-0.25, -0.2) is 0 Å². The molecule has 1 amide bonds. The molecular formula is C9H15NO. The van der Waals surface area contributed by atoms with E-state index in [1.165, 1.54) is 6.42 Å². The molecular weight excluding hydrogens is 138 g/mol. The van der Waals surface area contributed by atoms with Crippen LogP contribution in [0.4, 0.5) is 0 Å². The van der Waals surface area contributed by atoms with E-state index in [2.05, 4.69) is 5.32 Å². The van der Waals surface area contributed by atoms with Crippen LogP contribution in [-0.2, 0) is 4.79 Å². The number of rotatable bonds is 3. The van der Waals surface area contributed by atoms with Gasteiger partial charge in [0.1, 0.15) is 0 Å². The Kier molecular flexibility index (Phi) is 3.14. The number of amides is 1. The van der Waals surface area contributed by atoms with Gasteiger partial charge in [0.2, 0.25) is 5.91 Å². The van der Waals surface area contributed by atoms with Crippen molar-refractivity contribution in [2.45, 2.75) is 26.2 Å². The van der Waals surface area contributed by atoms with Gasteiger partial charge in [-0.05, 0) is 19.8 Å². The summed E-state index contributed by atoms with van der Waals surface area (Å²) in [4.78, 5) is 11.2. The molecule has 0 spiro atoms. The molecule has 0 bridgehead atoms. The Balaban J connectivity index is 2.10. The lowest BCUT2D eigenvalue weighted by Gasteiger charge is -2.23. The molecule has 0 atom stereocenters. The second-order valence-corrected chi connectivity index (χ2v) is 2.94. The fraction of sp³-hybridized carbons (Fsp3) is 0.667. The first-order valence-corrected chi connectivity index (χ1v) is 4.23. The Morgan fingerprint density at radius 1 is 1.64 bits per heavy atom. The van der Waals surface area contributed by atoms with Gasteiger partial charge in [0, 0.05) is 12.5 Å². The maximum atomic E-state index is 11.2. The van der Waals surface area contributed by atoms with E-state index in [-0.39, 0.29) is 5.91 Å². The molecule has 1 aliphatic rings. The van der Waals surface area contributed by atoms with Crippen LogP contribution in [0.1, 0.15) is 26.2 Å². The Hall–Kier alpha value is -0.790. The van der Waals surface area contributed by atoms with Crippen molar-refractivity contribution in [1.82, 2.24) is 5.32 Å². The van der Waals surface area contributed by atoms with Crippen molar-refractivity contribution in [1.29, 1.82) is 0 Å². The molecule has 11 heavy (non-hydrogen) atoms. The van der Waals surface area contributed by atoms with Crippen molar-refractivity contribution in [3.63, 3.8) is 0 Å². The van der Waals surface area contributed by atoms with Crippen molar-refractivity contribution in [2.24, 2.45) is 5.92 Å². The van der Waals surface area contributed by atoms with Gasteiger partial charge >= 0.3 is 0 Å². The molecule has 0 aliphatic heterocycles. The van der Waals surface area contributed by atoms with Crippen molar-refractivity contribution in [2.75, 3.05) is 6.54 Å². The maximum absolute atomic E-state index is 11.2. The smallest absolute Gasteiger partial charge is 0.223 e. The number of carbonyl (C=O) groups is 1. The van der Waals surface area contributed by atoms with Crippen LogP contribution in [0.25, 0.3) is 0 Å². The molecule has 0 aromatic carbocycles. The molecule has 0 radical (unpaired) electrons. The van der Waals surface area contributed by atoms with Gasteiger partial charge in [-0.1, -0.05) is 18.6 Å². The third-order valence-electron chi connectivity index (χ3n) is 2.11. The molecule has 0 heterocycles. The lowest BCUT2D eigenvalue weighted by atomic mass is 9.85. The van der Waals surface area contributed by atoms with E-state index in [0.29, 0.717) is 12.5 Å². The van der Waals surface area contributed by atoms with Crippen LogP contribution in [0.5, 0.6) is 0 Å². The summed E-state index contributed by atoms with van der Waals surface area (Å²) in [6.07, 6.45) is 7.29. The summed E-state index contributed by atoms with van der Waals surface area (Å²) >= 11 is 0. The largest absolute Gasteiger partial charge is 0.352 e. The average Bonchev–Trinajstić information content (AvgIpc) is 1.84. The summed E-state index contributed by atoms with van der Waals surface area (Å²) in [5.74, 6) is 0.551. The molecule has 1 rings (SSSR count). The van der Waals surface area contributed by atoms with Crippen molar-refractivity contribution < 1.29 is 4.79 Å². The fourth-order valence-electron chi connectivity index (χ4n) is 1.09. The fourth-order valence-corrected chi connectivity index (χ4v) is 1.09. The average molecular weight is 153 g/mol. The highest BCUT2D eigenvalue weighted by Gasteiger charge is 2.24. The Morgan fingerprint density at radius 3 is 2.82 bits per heavy atom. The summed E-state index contributed by atoms with van der Waals surface area (Å²) in [6.45, 7) is 2.64. The minimum atomic E-state index is 0.231. The molecule has 0 aromatic rings. The van der Waals surface area contributed by atoms with E-state index >= 15 is 0 Å². The van der Waals surface area contributed by atoms with E-state index in [9.17, 15) is 4.79 Å². The van der Waals surface area contributed by atoms with Gasteiger partial charge in [0.25, 0.3) is 0 Å². The van der Waals surface area contributed by atoms with Gasteiger partial charge in [-0.15, -0.1) is 0 Å². The number of carbonyl (C=O) groups excluding carboxylic acids is 1. The highest BCUT2D eigenvalue weighted by molar-refractivity contribution is 5.79. The highest BCUT2D eigenvalue weighted by atomic mass is 16.1. The molecule has 1 fully saturated rings. The first kappa shape index (κ1) is 8.31. The van der Waals surface area contributed by atoms with Crippen LogP contribution in [-0.4, -0.2) is 12.5 Å². The number of hydrogen-bond acceptors (Lipinski definition) is 1. The second kappa shape index (κ2) is 4.16. The second-order valence-electron chi connectivity index (χ2n) is 2.94. The van der Waals surface area contributed by atoms with Crippen LogP contribution < -0.4 is 5.32 Å². The predicted octanol–water partition coefficient (Wildman–Crippen LogP) is 1.48. The van der Waals surface area contributed by atoms with Crippen LogP contribution in [0.3, 0.4) is 0 Å². The van der Waals surface area contributed by atoms with E-state index in [1.54, 1.807) is 0 Å². The summed E-state index contributed by atoms with van der Waals surface area (Å²) in [5.41, 5.74) is 0. The summed E-state index contributed by atoms with van der Waals surface area (Å²) < 4.78 is 0. The third kappa shape index (κ3) is 2.37. The van der Waals surface area contributed by atoms with Gasteiger partial charge in [0.05, 0.1) is 0 Å². The maximum Gasteiger partial charge on any atom is 0.223 e. The number of hydrogen-bond donors (Lipinski definition) is 1. The van der Waals surface area contributed by atoms with E-state index in [0.717, 1.165) is 12.8 Å². The first-order chi connectivity index (χ1) is 5.34. The minimum Gasteiger partial charge on any atom is -0.352 e. The molecule has 62 valence electrons. The van der Waals surface area contributed by atoms with Crippen LogP contribution in [0, 0.1) is 5.92 Å². The standard InChI is InChI=1S/C9H15NO/c1-2-3-7-10-9(11)8-5-4-6-8/h2-3,8H,4-7H2,1H3,(H,10,11)/b3-2+. The normalized spacial score (nSPS) is 18.3. The molecule has 1 N–H and O–H groups in total. The molecule has 1 saturated carbocycles. The zero-order chi connectivity index (χ0) is 8.10. The molecule has 0 unspecified atom stereocenters. The number of allylic oxidation sites excluding steroid dienone is 1. The van der Waals surface area contributed by atoms with Crippen molar-refractivity contribution >= 4 is 5.91 Å². The van der Waals surface area contributed by atoms with E-state index in [1.807, 2.05) is 19.1 Å². The number of nitrogens with one attached hydrogen (secondary N) is 1. The summed E-state index contributed by atoms with van der Waals surface area (Å²) in [5, 5.41) is 2.86. The van der Waals surface area contributed by atoms with Gasteiger partial charge in [-0.2, -0.15) is 0 Å². The van der Waals surface area contributed by atoms with Crippen LogP contribution in [0.2, 0.25) is 0 Å². The quantitative estimate of drug-likeness (QED) is 0.611. The lowest BCUT2D eigenvalue weighted by molar-refractivity contribution is -0.127. The monoisotopic (exact) mass is 153 g/mol. The minimum absolute atomic E-state index is 0.231. The Bertz CT molecular complexity index is 159. The zero-order valence-electron chi connectivity index (χ0n) is 6.97. The first-order valence-electron chi connectivity index (χ1n) is 4.23. The van der Waals surface area contributed by atoms with Gasteiger partial charge in [0.15, 0.2) is 0 Å². The van der Waals surface area contributed by atoms with Gasteiger partial charge < -0.3 is 5.32 Å². The Labute approximate surface area is 67.7 Å². The zero-order valence-corrected chi connectivity index (χ0v) is 6.97. The Morgan fingerprint density at radius 2 is 2.36 bits per heavy atom. The highest BCUT2D eigenvalue weighted by Crippen LogP contribution is 2.25. The molecule has 1 aliphatic carbocycles. The van der Waals surface area contributed by atoms with Crippen LogP contribution >= 0.6 is 0 Å². The van der Waals surface area contributed by atoms with Crippen molar-refractivity contribution in [3.05, 3.63) is 12.2 Å². The topological polar surface area (TPSA) is 29.1 Å². The van der Waals surface area contributed by atoms with E-state index < -0.39 is 0 Å². The summed E-state index contributed by atoms with van der Waals surface area (Å²) in [7, 11) is 0. The lowest BCUT2D eigenvalue weighted by Crippen LogP contribution is -2.34. The molecule has 2 heteroatoms. The van der Waals surface area contributed by atoms with Crippen molar-refractivity contribution in [3.8, 4) is 0 Å². The van der Waals surface area contributed by atoms with E-state index in [4.69, 9.17) is 0 Å². The molecule has 0 aromatic heterocycles. The SMILES string of the molecule is C/C=C/CNC(=O)C1CCC1.